The third kappa shape index (κ3) is 3.42. The summed E-state index contributed by atoms with van der Waals surface area (Å²) in [6, 6.07) is 11.5. The molecule has 0 atom stereocenters. The number of carbonyl (C=O) groups excluding carboxylic acids is 1. The predicted molar refractivity (Wildman–Crippen MR) is 106 cm³/mol. The number of hydrogen-bond acceptors (Lipinski definition) is 4. The number of benzene rings is 1. The van der Waals surface area contributed by atoms with Gasteiger partial charge in [-0.05, 0) is 45.2 Å². The molecule has 1 aromatic carbocycles. The first-order chi connectivity index (χ1) is 12.4. The van der Waals surface area contributed by atoms with E-state index in [0.29, 0.717) is 5.39 Å². The van der Waals surface area contributed by atoms with E-state index in [1.165, 1.54) is 4.68 Å². The molecule has 2 heterocycles. The van der Waals surface area contributed by atoms with Gasteiger partial charge in [-0.3, -0.25) is 9.59 Å². The van der Waals surface area contributed by atoms with Crippen molar-refractivity contribution in [2.45, 2.75) is 46.3 Å². The molecule has 26 heavy (non-hydrogen) atoms. The van der Waals surface area contributed by atoms with Crippen molar-refractivity contribution in [3.05, 3.63) is 52.1 Å². The van der Waals surface area contributed by atoms with Gasteiger partial charge in [0, 0.05) is 17.5 Å². The van der Waals surface area contributed by atoms with Crippen LogP contribution in [-0.2, 0) is 11.3 Å². The number of nitrogens with zero attached hydrogens (tertiary/aromatic N) is 3. The summed E-state index contributed by atoms with van der Waals surface area (Å²) in [6.07, 6.45) is 0. The average Bonchev–Trinajstić information content (AvgIpc) is 3.11. The van der Waals surface area contributed by atoms with Crippen LogP contribution in [0.4, 0.5) is 0 Å². The zero-order chi connectivity index (χ0) is 18.8. The first-order valence-electron chi connectivity index (χ1n) is 8.75. The Morgan fingerprint density at radius 2 is 1.73 bits per heavy atom. The summed E-state index contributed by atoms with van der Waals surface area (Å²) in [5, 5.41) is 7.92. The van der Waals surface area contributed by atoms with E-state index in [1.807, 2.05) is 63.4 Å². The number of hydrogen-bond donors (Lipinski definition) is 0. The topological polar surface area (TPSA) is 55.2 Å². The third-order valence-corrected chi connectivity index (χ3v) is 5.18. The van der Waals surface area contributed by atoms with Crippen LogP contribution in [0.2, 0.25) is 0 Å². The van der Waals surface area contributed by atoms with Crippen molar-refractivity contribution in [3.8, 4) is 10.6 Å². The Bertz CT molecular complexity index is 966. The van der Waals surface area contributed by atoms with Gasteiger partial charge >= 0.3 is 0 Å². The molecule has 0 aliphatic heterocycles. The smallest absolute Gasteiger partial charge is 0.275 e. The van der Waals surface area contributed by atoms with Crippen molar-refractivity contribution in [3.63, 3.8) is 0 Å². The molecule has 5 nitrogen and oxygen atoms in total. The van der Waals surface area contributed by atoms with Crippen molar-refractivity contribution < 1.29 is 4.79 Å². The molecule has 0 fully saturated rings. The second kappa shape index (κ2) is 7.41. The lowest BCUT2D eigenvalue weighted by Crippen LogP contribution is -2.45. The van der Waals surface area contributed by atoms with Gasteiger partial charge in [-0.15, -0.1) is 11.3 Å². The third-order valence-electron chi connectivity index (χ3n) is 4.31. The summed E-state index contributed by atoms with van der Waals surface area (Å²) in [5.74, 6) is -0.1000. The maximum atomic E-state index is 12.9. The minimum Gasteiger partial charge on any atom is -0.336 e. The highest BCUT2D eigenvalue weighted by Crippen LogP contribution is 2.28. The lowest BCUT2D eigenvalue weighted by atomic mass is 10.1. The van der Waals surface area contributed by atoms with Crippen LogP contribution < -0.4 is 5.56 Å². The van der Waals surface area contributed by atoms with Crippen molar-refractivity contribution in [1.82, 2.24) is 14.7 Å². The van der Waals surface area contributed by atoms with Crippen molar-refractivity contribution >= 4 is 28.0 Å². The molecular weight excluding hydrogens is 346 g/mol. The summed E-state index contributed by atoms with van der Waals surface area (Å²) in [5.41, 5.74) is 0.505. The Morgan fingerprint density at radius 1 is 1.08 bits per heavy atom. The number of rotatable bonds is 5. The summed E-state index contributed by atoms with van der Waals surface area (Å²) in [7, 11) is 0. The summed E-state index contributed by atoms with van der Waals surface area (Å²) in [4.78, 5) is 28.5. The number of amides is 1. The quantitative estimate of drug-likeness (QED) is 0.688. The van der Waals surface area contributed by atoms with E-state index in [9.17, 15) is 9.59 Å². The van der Waals surface area contributed by atoms with E-state index in [-0.39, 0.29) is 30.1 Å². The second-order valence-corrected chi connectivity index (χ2v) is 7.77. The molecule has 6 heteroatoms. The molecule has 2 aromatic heterocycles. The first-order valence-corrected chi connectivity index (χ1v) is 9.63. The summed E-state index contributed by atoms with van der Waals surface area (Å²) < 4.78 is 1.30. The SMILES string of the molecule is CC(C)N(C(=O)Cn1nc(-c2cccs2)c2ccccc2c1=O)C(C)C. The molecule has 0 radical (unpaired) electrons. The van der Waals surface area contributed by atoms with Crippen LogP contribution in [0.3, 0.4) is 0 Å². The maximum Gasteiger partial charge on any atom is 0.275 e. The fourth-order valence-corrected chi connectivity index (χ4v) is 4.04. The monoisotopic (exact) mass is 369 g/mol. The fraction of sp³-hybridized carbons (Fsp3) is 0.350. The lowest BCUT2D eigenvalue weighted by Gasteiger charge is -2.30. The Labute approximate surface area is 156 Å². The Balaban J connectivity index is 2.11. The standard InChI is InChI=1S/C20H23N3O2S/c1-13(2)23(14(3)4)18(24)12-22-20(25)16-9-6-5-8-15(16)19(21-22)17-10-7-11-26-17/h5-11,13-14H,12H2,1-4H3. The second-order valence-electron chi connectivity index (χ2n) is 6.82. The van der Waals surface area contributed by atoms with Gasteiger partial charge in [-0.2, -0.15) is 5.10 Å². The van der Waals surface area contributed by atoms with Gasteiger partial charge in [0.05, 0.1) is 10.3 Å². The minimum atomic E-state index is -0.235. The van der Waals surface area contributed by atoms with E-state index in [1.54, 1.807) is 22.3 Å². The van der Waals surface area contributed by atoms with E-state index >= 15 is 0 Å². The highest BCUT2D eigenvalue weighted by Gasteiger charge is 2.22. The summed E-state index contributed by atoms with van der Waals surface area (Å²) >= 11 is 1.57. The molecule has 0 bridgehead atoms. The zero-order valence-corrected chi connectivity index (χ0v) is 16.3. The van der Waals surface area contributed by atoms with Gasteiger partial charge in [0.2, 0.25) is 5.91 Å². The van der Waals surface area contributed by atoms with Crippen LogP contribution in [0.1, 0.15) is 27.7 Å². The molecular formula is C20H23N3O2S. The predicted octanol–water partition coefficient (Wildman–Crippen LogP) is 3.77. The molecule has 0 spiro atoms. The van der Waals surface area contributed by atoms with Crippen molar-refractivity contribution in [2.75, 3.05) is 0 Å². The molecule has 0 unspecified atom stereocenters. The van der Waals surface area contributed by atoms with Crippen molar-refractivity contribution in [1.29, 1.82) is 0 Å². The molecule has 3 aromatic rings. The largest absolute Gasteiger partial charge is 0.336 e. The Morgan fingerprint density at radius 3 is 2.31 bits per heavy atom. The molecule has 0 N–H and O–H groups in total. The molecule has 0 aliphatic rings. The van der Waals surface area contributed by atoms with Crippen LogP contribution in [0.25, 0.3) is 21.3 Å². The van der Waals surface area contributed by atoms with E-state index in [4.69, 9.17) is 0 Å². The Hall–Kier alpha value is -2.47. The number of carbonyl (C=O) groups is 1. The molecule has 136 valence electrons. The van der Waals surface area contributed by atoms with Gasteiger partial charge in [0.25, 0.3) is 5.56 Å². The maximum absolute atomic E-state index is 12.9. The molecule has 3 rings (SSSR count). The van der Waals surface area contributed by atoms with E-state index in [2.05, 4.69) is 5.10 Å². The van der Waals surface area contributed by atoms with Gasteiger partial charge in [-0.1, -0.05) is 24.3 Å². The molecule has 0 saturated heterocycles. The minimum absolute atomic E-state index is 0.0571. The first kappa shape index (κ1) is 18.3. The molecule has 0 saturated carbocycles. The van der Waals surface area contributed by atoms with Crippen LogP contribution in [0.15, 0.2) is 46.6 Å². The van der Waals surface area contributed by atoms with Crippen LogP contribution in [0, 0.1) is 0 Å². The van der Waals surface area contributed by atoms with Crippen LogP contribution in [0.5, 0.6) is 0 Å². The molecule has 1 amide bonds. The fourth-order valence-electron chi connectivity index (χ4n) is 3.32. The van der Waals surface area contributed by atoms with Gasteiger partial charge in [0.1, 0.15) is 12.2 Å². The Kier molecular flexibility index (Phi) is 5.23. The van der Waals surface area contributed by atoms with Gasteiger partial charge in [0.15, 0.2) is 0 Å². The van der Waals surface area contributed by atoms with Gasteiger partial charge < -0.3 is 4.90 Å². The zero-order valence-electron chi connectivity index (χ0n) is 15.5. The van der Waals surface area contributed by atoms with E-state index < -0.39 is 0 Å². The number of fused-ring (bicyclic) bond motifs is 1. The highest BCUT2D eigenvalue weighted by molar-refractivity contribution is 7.13. The van der Waals surface area contributed by atoms with Crippen LogP contribution >= 0.6 is 11.3 Å². The average molecular weight is 369 g/mol. The normalized spacial score (nSPS) is 11.5. The number of thiophene rings is 1. The van der Waals surface area contributed by atoms with Crippen LogP contribution in [-0.4, -0.2) is 32.7 Å². The van der Waals surface area contributed by atoms with Gasteiger partial charge in [-0.25, -0.2) is 4.68 Å². The van der Waals surface area contributed by atoms with Crippen molar-refractivity contribution in [2.24, 2.45) is 0 Å². The number of aromatic nitrogens is 2. The molecule has 0 aliphatic carbocycles. The highest BCUT2D eigenvalue weighted by atomic mass is 32.1. The van der Waals surface area contributed by atoms with E-state index in [0.717, 1.165) is 16.0 Å². The summed E-state index contributed by atoms with van der Waals surface area (Å²) in [6.45, 7) is 7.85. The lowest BCUT2D eigenvalue weighted by molar-refractivity contribution is -0.135.